The zero-order chi connectivity index (χ0) is 16.1. The minimum absolute atomic E-state index is 0.125. The highest BCUT2D eigenvalue weighted by atomic mass is 16.7. The molecule has 0 unspecified atom stereocenters. The minimum atomic E-state index is -0.668. The Morgan fingerprint density at radius 3 is 2.14 bits per heavy atom. The van der Waals surface area contributed by atoms with E-state index in [9.17, 15) is 19.7 Å². The molecule has 1 amide bonds. The monoisotopic (exact) mass is 300 g/mol. The Bertz CT molecular complexity index is 698. The van der Waals surface area contributed by atoms with Crippen LogP contribution >= 0.6 is 0 Å². The molecule has 0 fully saturated rings. The second-order valence-corrected chi connectivity index (χ2v) is 4.35. The van der Waals surface area contributed by atoms with Crippen molar-refractivity contribution in [1.29, 1.82) is 0 Å². The lowest BCUT2D eigenvalue weighted by Gasteiger charge is -2.16. The summed E-state index contributed by atoms with van der Waals surface area (Å²) in [6, 6.07) is 13.2. The molecule has 0 heterocycles. The molecule has 0 saturated carbocycles. The van der Waals surface area contributed by atoms with Crippen LogP contribution in [0, 0.1) is 10.1 Å². The van der Waals surface area contributed by atoms with Gasteiger partial charge in [-0.25, -0.2) is 4.79 Å². The first-order valence-corrected chi connectivity index (χ1v) is 6.29. The molecule has 2 aromatic rings. The van der Waals surface area contributed by atoms with Crippen molar-refractivity contribution in [3.8, 4) is 0 Å². The third kappa shape index (κ3) is 3.45. The van der Waals surface area contributed by atoms with E-state index in [-0.39, 0.29) is 11.3 Å². The number of hydrogen-bond acceptors (Lipinski definition) is 5. The van der Waals surface area contributed by atoms with Crippen molar-refractivity contribution in [2.75, 3.05) is 7.05 Å². The van der Waals surface area contributed by atoms with Gasteiger partial charge in [0, 0.05) is 24.7 Å². The third-order valence-corrected chi connectivity index (χ3v) is 2.84. The summed E-state index contributed by atoms with van der Waals surface area (Å²) in [5, 5.41) is 11.3. The van der Waals surface area contributed by atoms with Crippen LogP contribution in [0.4, 0.5) is 5.69 Å². The van der Waals surface area contributed by atoms with Crippen LogP contribution in [0.25, 0.3) is 0 Å². The van der Waals surface area contributed by atoms with Crippen LogP contribution in [0.5, 0.6) is 0 Å². The Balaban J connectivity index is 2.06. The molecule has 2 rings (SSSR count). The number of carbonyl (C=O) groups is 2. The molecule has 0 aliphatic rings. The molecule has 112 valence electrons. The van der Waals surface area contributed by atoms with Crippen LogP contribution in [-0.2, 0) is 4.84 Å². The standard InChI is InChI=1S/C15H12N2O5/c1-16(22-15(19)12-5-3-2-4-6-12)14(18)11-7-9-13(10-8-11)17(20)21/h2-10H,1H3. The summed E-state index contributed by atoms with van der Waals surface area (Å²) in [5.74, 6) is -1.25. The van der Waals surface area contributed by atoms with E-state index in [1.54, 1.807) is 30.3 Å². The average molecular weight is 300 g/mol. The van der Waals surface area contributed by atoms with E-state index in [2.05, 4.69) is 0 Å². The number of non-ortho nitro benzene ring substituents is 1. The maximum atomic E-state index is 12.1. The lowest BCUT2D eigenvalue weighted by atomic mass is 10.2. The number of nitro benzene ring substituents is 1. The highest BCUT2D eigenvalue weighted by Gasteiger charge is 2.18. The fourth-order valence-corrected chi connectivity index (χ4v) is 1.70. The average Bonchev–Trinajstić information content (AvgIpc) is 2.55. The third-order valence-electron chi connectivity index (χ3n) is 2.84. The summed E-state index contributed by atoms with van der Waals surface area (Å²) in [6.45, 7) is 0. The van der Waals surface area contributed by atoms with Gasteiger partial charge in [0.15, 0.2) is 0 Å². The van der Waals surface area contributed by atoms with E-state index < -0.39 is 16.8 Å². The van der Waals surface area contributed by atoms with Gasteiger partial charge >= 0.3 is 5.97 Å². The van der Waals surface area contributed by atoms with Crippen LogP contribution in [0.1, 0.15) is 20.7 Å². The van der Waals surface area contributed by atoms with E-state index >= 15 is 0 Å². The largest absolute Gasteiger partial charge is 0.363 e. The van der Waals surface area contributed by atoms with Gasteiger partial charge in [0.1, 0.15) is 0 Å². The van der Waals surface area contributed by atoms with Crippen molar-refractivity contribution in [3.05, 3.63) is 75.8 Å². The van der Waals surface area contributed by atoms with Crippen molar-refractivity contribution < 1.29 is 19.3 Å². The van der Waals surface area contributed by atoms with Gasteiger partial charge in [0.25, 0.3) is 11.6 Å². The number of benzene rings is 2. The Morgan fingerprint density at radius 2 is 1.59 bits per heavy atom. The molecule has 7 nitrogen and oxygen atoms in total. The summed E-state index contributed by atoms with van der Waals surface area (Å²) < 4.78 is 0. The molecule has 0 atom stereocenters. The van der Waals surface area contributed by atoms with E-state index in [1.165, 1.54) is 31.3 Å². The molecule has 0 aromatic heterocycles. The number of nitro groups is 1. The van der Waals surface area contributed by atoms with Crippen molar-refractivity contribution in [2.45, 2.75) is 0 Å². The van der Waals surface area contributed by atoms with Gasteiger partial charge < -0.3 is 4.84 Å². The zero-order valence-electron chi connectivity index (χ0n) is 11.6. The van der Waals surface area contributed by atoms with Gasteiger partial charge in [0.2, 0.25) is 0 Å². The normalized spacial score (nSPS) is 9.86. The second-order valence-electron chi connectivity index (χ2n) is 4.35. The predicted molar refractivity (Wildman–Crippen MR) is 77.0 cm³/mol. The number of amides is 1. The number of carbonyl (C=O) groups excluding carboxylic acids is 2. The van der Waals surface area contributed by atoms with Gasteiger partial charge in [0.05, 0.1) is 10.5 Å². The predicted octanol–water partition coefficient (Wildman–Crippen LogP) is 2.44. The second kappa shape index (κ2) is 6.49. The number of rotatable bonds is 3. The number of hydrogen-bond donors (Lipinski definition) is 0. The molecule has 0 saturated heterocycles. The lowest BCUT2D eigenvalue weighted by molar-refractivity contribution is -0.384. The van der Waals surface area contributed by atoms with Crippen LogP contribution in [-0.4, -0.2) is 28.9 Å². The molecular weight excluding hydrogens is 288 g/mol. The highest BCUT2D eigenvalue weighted by Crippen LogP contribution is 2.13. The minimum Gasteiger partial charge on any atom is -0.333 e. The molecule has 0 spiro atoms. The Hall–Kier alpha value is -3.22. The molecule has 0 bridgehead atoms. The zero-order valence-corrected chi connectivity index (χ0v) is 11.6. The Morgan fingerprint density at radius 1 is 1.00 bits per heavy atom. The van der Waals surface area contributed by atoms with Crippen LogP contribution in [0.15, 0.2) is 54.6 Å². The molecule has 22 heavy (non-hydrogen) atoms. The van der Waals surface area contributed by atoms with Gasteiger partial charge in [-0.05, 0) is 24.3 Å². The summed E-state index contributed by atoms with van der Waals surface area (Å²) in [5.41, 5.74) is 0.361. The first kappa shape index (κ1) is 15.2. The molecular formula is C15H12N2O5. The maximum absolute atomic E-state index is 12.1. The Labute approximate surface area is 125 Å². The quantitative estimate of drug-likeness (QED) is 0.641. The maximum Gasteiger partial charge on any atom is 0.363 e. The summed E-state index contributed by atoms with van der Waals surface area (Å²) in [6.07, 6.45) is 0. The molecule has 2 aromatic carbocycles. The van der Waals surface area contributed by atoms with Crippen LogP contribution in [0.3, 0.4) is 0 Å². The van der Waals surface area contributed by atoms with E-state index in [4.69, 9.17) is 4.84 Å². The molecule has 0 aliphatic heterocycles. The van der Waals surface area contributed by atoms with E-state index in [0.717, 1.165) is 5.06 Å². The van der Waals surface area contributed by atoms with Crippen LogP contribution in [0.2, 0.25) is 0 Å². The van der Waals surface area contributed by atoms with Gasteiger partial charge in [-0.3, -0.25) is 14.9 Å². The van der Waals surface area contributed by atoms with Crippen molar-refractivity contribution in [2.24, 2.45) is 0 Å². The molecule has 0 N–H and O–H groups in total. The van der Waals surface area contributed by atoms with Crippen molar-refractivity contribution >= 4 is 17.6 Å². The molecule has 0 radical (unpaired) electrons. The van der Waals surface area contributed by atoms with Gasteiger partial charge in [-0.2, -0.15) is 5.06 Å². The first-order valence-electron chi connectivity index (χ1n) is 6.29. The van der Waals surface area contributed by atoms with E-state index in [0.29, 0.717) is 5.56 Å². The summed E-state index contributed by atoms with van der Waals surface area (Å²) in [4.78, 5) is 38.8. The highest BCUT2D eigenvalue weighted by molar-refractivity contribution is 5.96. The van der Waals surface area contributed by atoms with E-state index in [1.807, 2.05) is 0 Å². The lowest BCUT2D eigenvalue weighted by Crippen LogP contribution is -2.29. The van der Waals surface area contributed by atoms with Crippen molar-refractivity contribution in [3.63, 3.8) is 0 Å². The van der Waals surface area contributed by atoms with Gasteiger partial charge in [-0.1, -0.05) is 18.2 Å². The summed E-state index contributed by atoms with van der Waals surface area (Å²) >= 11 is 0. The van der Waals surface area contributed by atoms with Gasteiger partial charge in [-0.15, -0.1) is 0 Å². The summed E-state index contributed by atoms with van der Waals surface area (Å²) in [7, 11) is 1.30. The van der Waals surface area contributed by atoms with Crippen LogP contribution < -0.4 is 0 Å². The first-order chi connectivity index (χ1) is 10.5. The number of hydroxylamine groups is 2. The fourth-order valence-electron chi connectivity index (χ4n) is 1.70. The number of nitrogens with zero attached hydrogens (tertiary/aromatic N) is 2. The SMILES string of the molecule is CN(OC(=O)c1ccccc1)C(=O)c1ccc([N+](=O)[O-])cc1. The van der Waals surface area contributed by atoms with Crippen molar-refractivity contribution in [1.82, 2.24) is 5.06 Å². The topological polar surface area (TPSA) is 89.8 Å². The molecule has 7 heteroatoms. The molecule has 0 aliphatic carbocycles. The Kier molecular flexibility index (Phi) is 4.47. The fraction of sp³-hybridized carbons (Fsp3) is 0.0667. The smallest absolute Gasteiger partial charge is 0.333 e.